The second-order valence-corrected chi connectivity index (χ2v) is 15.7. The molecule has 1 spiro atoms. The topological polar surface area (TPSA) is 84.8 Å². The highest BCUT2D eigenvalue weighted by atomic mass is 32.2. The van der Waals surface area contributed by atoms with E-state index in [-0.39, 0.29) is 34.5 Å². The van der Waals surface area contributed by atoms with Crippen LogP contribution in [-0.4, -0.2) is 81.6 Å². The number of likely N-dealkylation sites (tertiary alicyclic amines) is 1. The number of anilines is 2. The highest BCUT2D eigenvalue weighted by Crippen LogP contribution is 2.47. The molecular weight excluding hydrogens is 648 g/mol. The Kier molecular flexibility index (Phi) is 9.63. The molecule has 0 unspecified atom stereocenters. The molecule has 8 nitrogen and oxygen atoms in total. The summed E-state index contributed by atoms with van der Waals surface area (Å²) in [4.78, 5) is 2.61. The lowest BCUT2D eigenvalue weighted by Gasteiger charge is -2.60. The molecule has 260 valence electrons. The number of hydrogen-bond donors (Lipinski definition) is 2. The minimum Gasteiger partial charge on any atom is -0.461 e. The highest BCUT2D eigenvalue weighted by molar-refractivity contribution is 7.90. The first-order chi connectivity index (χ1) is 22.8. The van der Waals surface area contributed by atoms with Crippen LogP contribution in [0.3, 0.4) is 0 Å². The van der Waals surface area contributed by atoms with Crippen LogP contribution in [-0.2, 0) is 21.1 Å². The Bertz CT molecular complexity index is 1790. The van der Waals surface area contributed by atoms with Gasteiger partial charge in [0, 0.05) is 66.7 Å². The Morgan fingerprint density at radius 2 is 1.77 bits per heavy atom. The summed E-state index contributed by atoms with van der Waals surface area (Å²) in [5.41, 5.74) is 2.32. The molecule has 1 aliphatic carbocycles. The van der Waals surface area contributed by atoms with Crippen LogP contribution in [0.25, 0.3) is 10.9 Å². The van der Waals surface area contributed by atoms with Crippen LogP contribution in [0, 0.1) is 17.3 Å². The fourth-order valence-corrected chi connectivity index (χ4v) is 8.02. The van der Waals surface area contributed by atoms with Gasteiger partial charge in [-0.25, -0.2) is 12.8 Å². The van der Waals surface area contributed by atoms with Gasteiger partial charge in [0.2, 0.25) is 6.86 Å². The quantitative estimate of drug-likeness (QED) is 0.193. The number of nitrogens with one attached hydrogen (secondary N) is 2. The molecule has 2 saturated heterocycles. The number of aromatic nitrogens is 1. The summed E-state index contributed by atoms with van der Waals surface area (Å²) in [5, 5.41) is 7.25. The standard InChI is InChI=1S/C35H42F4N4O4S/c1-33(42-21-34(22-42)14-17-46-18-15-34)12-10-25(11-13-33)41-29-6-3-7-31-28(29)19-26(43(31)23-35(37,38)39)5-4-16-40-30-9-8-27(48(2,44)45)20-32(30)47-24-36/h3,6-9,19-20,25,40-41H,10-18,21-24H2,1-2H3. The molecule has 13 heteroatoms. The molecule has 48 heavy (non-hydrogen) atoms. The van der Waals surface area contributed by atoms with Gasteiger partial charge in [-0.05, 0) is 81.7 Å². The number of nitrogens with zero attached hydrogens (tertiary/aromatic N) is 2. The molecule has 3 aliphatic rings. The lowest BCUT2D eigenvalue weighted by molar-refractivity contribution is -0.140. The van der Waals surface area contributed by atoms with Crippen molar-refractivity contribution < 1.29 is 35.5 Å². The highest BCUT2D eigenvalue weighted by Gasteiger charge is 2.50. The zero-order valence-corrected chi connectivity index (χ0v) is 28.1. The molecule has 0 radical (unpaired) electrons. The van der Waals surface area contributed by atoms with Crippen molar-refractivity contribution in [2.45, 2.75) is 74.6 Å². The third kappa shape index (κ3) is 7.56. The van der Waals surface area contributed by atoms with Gasteiger partial charge in [-0.1, -0.05) is 12.0 Å². The first-order valence-corrected chi connectivity index (χ1v) is 18.2. The van der Waals surface area contributed by atoms with Crippen LogP contribution in [0.2, 0.25) is 0 Å². The molecule has 3 heterocycles. The number of benzene rings is 2. The summed E-state index contributed by atoms with van der Waals surface area (Å²) in [6.07, 6.45) is 2.91. The Hall–Kier alpha value is -3.47. The number of ether oxygens (including phenoxy) is 2. The van der Waals surface area contributed by atoms with Gasteiger partial charge in [0.1, 0.15) is 12.3 Å². The van der Waals surface area contributed by atoms with Gasteiger partial charge in [-0.15, -0.1) is 0 Å². The summed E-state index contributed by atoms with van der Waals surface area (Å²) < 4.78 is 89.7. The van der Waals surface area contributed by atoms with Gasteiger partial charge in [0.15, 0.2) is 9.84 Å². The number of hydrogen-bond acceptors (Lipinski definition) is 7. The lowest BCUT2D eigenvalue weighted by atomic mass is 9.68. The van der Waals surface area contributed by atoms with Crippen LogP contribution >= 0.6 is 0 Å². The largest absolute Gasteiger partial charge is 0.461 e. The molecule has 1 saturated carbocycles. The number of alkyl halides is 4. The second-order valence-electron chi connectivity index (χ2n) is 13.7. The Labute approximate surface area is 279 Å². The fraction of sp³-hybridized carbons (Fsp3) is 0.543. The summed E-state index contributed by atoms with van der Waals surface area (Å²) >= 11 is 0. The van der Waals surface area contributed by atoms with Crippen molar-refractivity contribution in [3.8, 4) is 17.6 Å². The molecule has 3 fully saturated rings. The third-order valence-corrected chi connectivity index (χ3v) is 11.4. The zero-order valence-electron chi connectivity index (χ0n) is 27.3. The average molecular weight is 691 g/mol. The molecule has 2 aliphatic heterocycles. The number of rotatable bonds is 9. The number of sulfone groups is 1. The van der Waals surface area contributed by atoms with Crippen molar-refractivity contribution in [2.75, 3.05) is 56.6 Å². The lowest BCUT2D eigenvalue weighted by Crippen LogP contribution is -2.66. The van der Waals surface area contributed by atoms with Gasteiger partial charge in [-0.2, -0.15) is 13.2 Å². The third-order valence-electron chi connectivity index (χ3n) is 10.2. The van der Waals surface area contributed by atoms with Crippen molar-refractivity contribution in [3.63, 3.8) is 0 Å². The molecule has 6 rings (SSSR count). The molecule has 0 atom stereocenters. The monoisotopic (exact) mass is 690 g/mol. The van der Waals surface area contributed by atoms with Crippen LogP contribution in [0.15, 0.2) is 47.4 Å². The van der Waals surface area contributed by atoms with E-state index in [1.54, 1.807) is 18.2 Å². The smallest absolute Gasteiger partial charge is 0.406 e. The van der Waals surface area contributed by atoms with Gasteiger partial charge < -0.3 is 24.7 Å². The van der Waals surface area contributed by atoms with Crippen molar-refractivity contribution >= 4 is 32.1 Å². The van der Waals surface area contributed by atoms with E-state index in [1.807, 2.05) is 6.07 Å². The molecule has 0 amide bonds. The van der Waals surface area contributed by atoms with Gasteiger partial charge in [-0.3, -0.25) is 4.90 Å². The summed E-state index contributed by atoms with van der Waals surface area (Å²) in [6.45, 7) is 3.99. The summed E-state index contributed by atoms with van der Waals surface area (Å²) in [6, 6.07) is 11.2. The Morgan fingerprint density at radius 3 is 2.44 bits per heavy atom. The van der Waals surface area contributed by atoms with Crippen LogP contribution in [0.5, 0.6) is 5.75 Å². The van der Waals surface area contributed by atoms with E-state index in [0.29, 0.717) is 22.0 Å². The Balaban J connectivity index is 1.16. The summed E-state index contributed by atoms with van der Waals surface area (Å²) in [5.74, 6) is 5.71. The van der Waals surface area contributed by atoms with E-state index >= 15 is 0 Å². The maximum Gasteiger partial charge on any atom is 0.406 e. The predicted molar refractivity (Wildman–Crippen MR) is 178 cm³/mol. The van der Waals surface area contributed by atoms with E-state index in [1.165, 1.54) is 22.8 Å². The SMILES string of the molecule is CC1(N2CC3(CCOCC3)C2)CCC(Nc2cccc3c2cc(C#CCNc2ccc(S(C)(=O)=O)cc2OCF)n3CC(F)(F)F)CC1. The molecule has 2 N–H and O–H groups in total. The normalized spacial score (nSPS) is 22.9. The minimum atomic E-state index is -4.46. The average Bonchev–Trinajstić information content (AvgIpc) is 3.36. The molecule has 0 bridgehead atoms. The molecule has 1 aromatic heterocycles. The van der Waals surface area contributed by atoms with Gasteiger partial charge >= 0.3 is 6.18 Å². The summed E-state index contributed by atoms with van der Waals surface area (Å²) in [7, 11) is -3.54. The fourth-order valence-electron chi connectivity index (χ4n) is 7.38. The van der Waals surface area contributed by atoms with Crippen LogP contribution in [0.1, 0.15) is 51.1 Å². The maximum atomic E-state index is 13.7. The van der Waals surface area contributed by atoms with E-state index in [0.717, 1.165) is 76.8 Å². The second kappa shape index (κ2) is 13.4. The Morgan fingerprint density at radius 1 is 1.04 bits per heavy atom. The first kappa shape index (κ1) is 34.4. The molecule has 3 aromatic rings. The number of halogens is 4. The maximum absolute atomic E-state index is 13.7. The number of fused-ring (bicyclic) bond motifs is 1. The predicted octanol–water partition coefficient (Wildman–Crippen LogP) is 6.60. The van der Waals surface area contributed by atoms with E-state index in [4.69, 9.17) is 9.47 Å². The zero-order chi connectivity index (χ0) is 34.2. The van der Waals surface area contributed by atoms with Gasteiger partial charge in [0.25, 0.3) is 0 Å². The van der Waals surface area contributed by atoms with Crippen molar-refractivity contribution in [2.24, 2.45) is 5.41 Å². The van der Waals surface area contributed by atoms with Crippen LogP contribution in [0.4, 0.5) is 28.9 Å². The van der Waals surface area contributed by atoms with Gasteiger partial charge in [0.05, 0.1) is 28.3 Å². The van der Waals surface area contributed by atoms with Crippen LogP contribution < -0.4 is 15.4 Å². The van der Waals surface area contributed by atoms with Crippen molar-refractivity contribution in [3.05, 3.63) is 48.2 Å². The first-order valence-electron chi connectivity index (χ1n) is 16.3. The van der Waals surface area contributed by atoms with Crippen molar-refractivity contribution in [1.29, 1.82) is 0 Å². The van der Waals surface area contributed by atoms with E-state index in [9.17, 15) is 26.0 Å². The molecular formula is C35H42F4N4O4S. The molecule has 2 aromatic carbocycles. The minimum absolute atomic E-state index is 0.00766. The van der Waals surface area contributed by atoms with Crippen molar-refractivity contribution in [1.82, 2.24) is 9.47 Å². The van der Waals surface area contributed by atoms with E-state index < -0.39 is 29.4 Å². The van der Waals surface area contributed by atoms with E-state index in [2.05, 4.69) is 34.3 Å².